The Morgan fingerprint density at radius 3 is 2.21 bits per heavy atom. The van der Waals surface area contributed by atoms with Crippen LogP contribution in [-0.4, -0.2) is 62.3 Å². The molecule has 5 N–H and O–H groups in total. The van der Waals surface area contributed by atoms with Crippen LogP contribution in [0.15, 0.2) is 24.3 Å². The van der Waals surface area contributed by atoms with Crippen LogP contribution < -0.4 is 21.7 Å². The highest BCUT2D eigenvalue weighted by atomic mass is 16.5. The fourth-order valence-electron chi connectivity index (χ4n) is 3.66. The highest BCUT2D eigenvalue weighted by Crippen LogP contribution is 2.20. The maximum atomic E-state index is 12.4. The highest BCUT2D eigenvalue weighted by molar-refractivity contribution is 5.95. The summed E-state index contributed by atoms with van der Waals surface area (Å²) in [4.78, 5) is 26.8. The van der Waals surface area contributed by atoms with Crippen LogP contribution in [0, 0.1) is 5.92 Å². The maximum Gasteiger partial charge on any atom is 0.319 e. The Hall–Kier alpha value is -2.16. The topological polar surface area (TPSA) is 109 Å². The lowest BCUT2D eigenvalue weighted by Crippen LogP contribution is -2.44. The number of urea groups is 1. The van der Waals surface area contributed by atoms with E-state index in [2.05, 4.69) is 27.9 Å². The van der Waals surface area contributed by atoms with Crippen LogP contribution in [0.25, 0.3) is 0 Å². The maximum absolute atomic E-state index is 12.4. The lowest BCUT2D eigenvalue weighted by molar-refractivity contribution is -0.119. The van der Waals surface area contributed by atoms with Crippen molar-refractivity contribution in [1.29, 1.82) is 0 Å². The fourth-order valence-corrected chi connectivity index (χ4v) is 3.66. The summed E-state index contributed by atoms with van der Waals surface area (Å²) in [7, 11) is 2.09. The average molecular weight is 390 g/mol. The summed E-state index contributed by atoms with van der Waals surface area (Å²) < 4.78 is 5.32. The zero-order valence-electron chi connectivity index (χ0n) is 16.4. The summed E-state index contributed by atoms with van der Waals surface area (Å²) in [6, 6.07) is 6.53. The number of likely N-dealkylation sites (tertiary alicyclic amines) is 1. The summed E-state index contributed by atoms with van der Waals surface area (Å²) >= 11 is 0. The monoisotopic (exact) mass is 389 g/mol. The first-order chi connectivity index (χ1) is 13.5. The predicted octanol–water partition coefficient (Wildman–Crippen LogP) is 1.59. The summed E-state index contributed by atoms with van der Waals surface area (Å²) in [5, 5.41) is 8.70. The Kier molecular flexibility index (Phi) is 7.24. The normalized spacial score (nSPS) is 20.4. The number of carbonyl (C=O) groups excluding carboxylic acids is 2. The van der Waals surface area contributed by atoms with Gasteiger partial charge in [-0.15, -0.1) is 0 Å². The van der Waals surface area contributed by atoms with Crippen molar-refractivity contribution in [2.75, 3.05) is 44.0 Å². The van der Waals surface area contributed by atoms with Gasteiger partial charge >= 0.3 is 6.03 Å². The molecule has 1 aromatic carbocycles. The molecule has 2 aliphatic rings. The second kappa shape index (κ2) is 9.86. The predicted molar refractivity (Wildman–Crippen MR) is 109 cm³/mol. The largest absolute Gasteiger partial charge is 0.381 e. The Morgan fingerprint density at radius 2 is 1.61 bits per heavy atom. The standard InChI is InChI=1S/C20H31N5O3/c1-25-10-6-17(7-11-25)24-20(27)23-16-4-2-15(3-5-16)22-19(26)18(21)14-8-12-28-13-9-14/h2-5,14,17-18H,6-13,21H2,1H3,(H,22,26)(H2,23,24,27). The number of hydrogen-bond donors (Lipinski definition) is 4. The number of piperidine rings is 1. The van der Waals surface area contributed by atoms with Crippen molar-refractivity contribution in [3.05, 3.63) is 24.3 Å². The second-order valence-corrected chi connectivity index (χ2v) is 7.72. The van der Waals surface area contributed by atoms with Crippen LogP contribution in [0.4, 0.5) is 16.2 Å². The van der Waals surface area contributed by atoms with Gasteiger partial charge in [0, 0.05) is 30.6 Å². The third-order valence-electron chi connectivity index (χ3n) is 5.54. The Morgan fingerprint density at radius 1 is 1.04 bits per heavy atom. The van der Waals surface area contributed by atoms with Crippen molar-refractivity contribution in [1.82, 2.24) is 10.2 Å². The number of benzene rings is 1. The van der Waals surface area contributed by atoms with E-state index in [1.807, 2.05) is 0 Å². The van der Waals surface area contributed by atoms with Crippen molar-refractivity contribution in [3.63, 3.8) is 0 Å². The van der Waals surface area contributed by atoms with Crippen LogP contribution in [0.2, 0.25) is 0 Å². The van der Waals surface area contributed by atoms with Crippen LogP contribution in [0.1, 0.15) is 25.7 Å². The molecule has 2 saturated heterocycles. The molecule has 8 nitrogen and oxygen atoms in total. The van der Waals surface area contributed by atoms with E-state index in [0.29, 0.717) is 24.6 Å². The average Bonchev–Trinajstić information content (AvgIpc) is 2.71. The van der Waals surface area contributed by atoms with Crippen LogP contribution in [0.5, 0.6) is 0 Å². The molecule has 3 rings (SSSR count). The molecule has 3 amide bonds. The molecular formula is C20H31N5O3. The van der Waals surface area contributed by atoms with Gasteiger partial charge in [-0.25, -0.2) is 4.79 Å². The summed E-state index contributed by atoms with van der Waals surface area (Å²) in [6.07, 6.45) is 3.54. The number of carbonyl (C=O) groups is 2. The number of nitrogens with two attached hydrogens (primary N) is 1. The molecule has 1 aromatic rings. The number of nitrogens with one attached hydrogen (secondary N) is 3. The van der Waals surface area contributed by atoms with Gasteiger partial charge in [-0.2, -0.15) is 0 Å². The third kappa shape index (κ3) is 5.92. The van der Waals surface area contributed by atoms with E-state index in [-0.39, 0.29) is 23.9 Å². The van der Waals surface area contributed by atoms with Crippen molar-refractivity contribution >= 4 is 23.3 Å². The second-order valence-electron chi connectivity index (χ2n) is 7.72. The molecule has 0 saturated carbocycles. The number of rotatable bonds is 5. The van der Waals surface area contributed by atoms with Gasteiger partial charge in [0.25, 0.3) is 0 Å². The first-order valence-electron chi connectivity index (χ1n) is 10.0. The first-order valence-corrected chi connectivity index (χ1v) is 10.0. The van der Waals surface area contributed by atoms with Crippen LogP contribution in [0.3, 0.4) is 0 Å². The molecule has 0 aromatic heterocycles. The Balaban J connectivity index is 1.45. The van der Waals surface area contributed by atoms with Gasteiger partial charge in [-0.3, -0.25) is 4.79 Å². The van der Waals surface area contributed by atoms with Crippen LogP contribution >= 0.6 is 0 Å². The van der Waals surface area contributed by atoms with Gasteiger partial charge < -0.3 is 31.3 Å². The molecular weight excluding hydrogens is 358 g/mol. The number of amides is 3. The summed E-state index contributed by atoms with van der Waals surface area (Å²) in [5.41, 5.74) is 7.44. The van der Waals surface area contributed by atoms with Crippen molar-refractivity contribution < 1.29 is 14.3 Å². The molecule has 2 heterocycles. The number of ether oxygens (including phenoxy) is 1. The third-order valence-corrected chi connectivity index (χ3v) is 5.54. The highest BCUT2D eigenvalue weighted by Gasteiger charge is 2.26. The minimum atomic E-state index is -0.540. The molecule has 0 aliphatic carbocycles. The summed E-state index contributed by atoms with van der Waals surface area (Å²) in [5.74, 6) is -0.0365. The summed E-state index contributed by atoms with van der Waals surface area (Å²) in [6.45, 7) is 3.31. The minimum absolute atomic E-state index is 0.151. The lowest BCUT2D eigenvalue weighted by atomic mass is 9.92. The number of hydrogen-bond acceptors (Lipinski definition) is 5. The molecule has 0 bridgehead atoms. The minimum Gasteiger partial charge on any atom is -0.381 e. The first kappa shape index (κ1) is 20.6. The SMILES string of the molecule is CN1CCC(NC(=O)Nc2ccc(NC(=O)C(N)C3CCOCC3)cc2)CC1. The molecule has 0 radical (unpaired) electrons. The Bertz CT molecular complexity index is 652. The molecule has 2 fully saturated rings. The quantitative estimate of drug-likeness (QED) is 0.612. The van der Waals surface area contributed by atoms with Gasteiger partial charge in [0.1, 0.15) is 0 Å². The van der Waals surface area contributed by atoms with E-state index in [1.165, 1.54) is 0 Å². The van der Waals surface area contributed by atoms with Crippen molar-refractivity contribution in [3.8, 4) is 0 Å². The van der Waals surface area contributed by atoms with Gasteiger partial charge in [0.15, 0.2) is 0 Å². The van der Waals surface area contributed by atoms with E-state index in [0.717, 1.165) is 38.8 Å². The molecule has 154 valence electrons. The van der Waals surface area contributed by atoms with Gasteiger partial charge in [-0.1, -0.05) is 0 Å². The van der Waals surface area contributed by atoms with E-state index >= 15 is 0 Å². The molecule has 1 unspecified atom stereocenters. The van der Waals surface area contributed by atoms with E-state index < -0.39 is 6.04 Å². The van der Waals surface area contributed by atoms with Gasteiger partial charge in [0.05, 0.1) is 6.04 Å². The molecule has 28 heavy (non-hydrogen) atoms. The van der Waals surface area contributed by atoms with Crippen molar-refractivity contribution in [2.24, 2.45) is 11.7 Å². The van der Waals surface area contributed by atoms with Crippen molar-refractivity contribution in [2.45, 2.75) is 37.8 Å². The lowest BCUT2D eigenvalue weighted by Gasteiger charge is -2.29. The zero-order chi connectivity index (χ0) is 19.9. The van der Waals surface area contributed by atoms with Crippen LogP contribution in [-0.2, 0) is 9.53 Å². The fraction of sp³-hybridized carbons (Fsp3) is 0.600. The number of nitrogens with zero attached hydrogens (tertiary/aromatic N) is 1. The molecule has 2 aliphatic heterocycles. The van der Waals surface area contributed by atoms with Gasteiger partial charge in [0.2, 0.25) is 5.91 Å². The molecule has 1 atom stereocenters. The molecule has 0 spiro atoms. The van der Waals surface area contributed by atoms with E-state index in [9.17, 15) is 9.59 Å². The smallest absolute Gasteiger partial charge is 0.319 e. The van der Waals surface area contributed by atoms with E-state index in [4.69, 9.17) is 10.5 Å². The molecule has 8 heteroatoms. The zero-order valence-corrected chi connectivity index (χ0v) is 16.4. The van der Waals surface area contributed by atoms with Gasteiger partial charge in [-0.05, 0) is 76.0 Å². The Labute approximate surface area is 166 Å². The van der Waals surface area contributed by atoms with E-state index in [1.54, 1.807) is 24.3 Å². The number of anilines is 2.